The number of carbonyl (C=O) groups is 1. The summed E-state index contributed by atoms with van der Waals surface area (Å²) < 4.78 is 26.5. The van der Waals surface area contributed by atoms with Crippen LogP contribution in [0.5, 0.6) is 0 Å². The minimum Gasteiger partial charge on any atom is -0.301 e. The smallest absolute Gasteiger partial charge is 0.264 e. The van der Waals surface area contributed by atoms with Crippen LogP contribution < -0.4 is 10.3 Å². The molecule has 0 bridgehead atoms. The van der Waals surface area contributed by atoms with Gasteiger partial charge in [0.25, 0.3) is 15.6 Å². The van der Waals surface area contributed by atoms with Crippen molar-refractivity contribution in [3.63, 3.8) is 0 Å². The largest absolute Gasteiger partial charge is 0.301 e. The van der Waals surface area contributed by atoms with Crippen molar-refractivity contribution >= 4 is 49.2 Å². The number of sulfonamides is 1. The van der Waals surface area contributed by atoms with Crippen molar-refractivity contribution in [1.29, 1.82) is 0 Å². The Morgan fingerprint density at radius 2 is 1.89 bits per heavy atom. The van der Waals surface area contributed by atoms with E-state index < -0.39 is 15.9 Å². The highest BCUT2D eigenvalue weighted by atomic mass is 32.2. The number of H-pyrrole nitrogens is 1. The third-order valence-electron chi connectivity index (χ3n) is 3.94. The molecule has 0 aliphatic heterocycles. The first-order valence-corrected chi connectivity index (χ1v) is 11.2. The predicted molar refractivity (Wildman–Crippen MR) is 107 cm³/mol. The Labute approximate surface area is 164 Å². The number of amides is 1. The molecular weight excluding hydrogens is 406 g/mol. The normalized spacial score (nSPS) is 11.7. The van der Waals surface area contributed by atoms with Gasteiger partial charge in [-0.1, -0.05) is 29.5 Å². The number of benzene rings is 1. The van der Waals surface area contributed by atoms with Gasteiger partial charge in [0.15, 0.2) is 5.16 Å². The molecule has 10 heteroatoms. The zero-order valence-corrected chi connectivity index (χ0v) is 17.3. The summed E-state index contributed by atoms with van der Waals surface area (Å²) in [6.45, 7) is 5.62. The maximum Gasteiger partial charge on any atom is 0.264 e. The molecular formula is C17H17N3O4S3. The van der Waals surface area contributed by atoms with Gasteiger partial charge >= 0.3 is 0 Å². The monoisotopic (exact) mass is 423 g/mol. The van der Waals surface area contributed by atoms with Crippen LogP contribution in [0.1, 0.15) is 16.0 Å². The van der Waals surface area contributed by atoms with Crippen LogP contribution in [-0.2, 0) is 14.8 Å². The highest BCUT2D eigenvalue weighted by molar-refractivity contribution is 8.00. The Hall–Kier alpha value is -2.17. The highest BCUT2D eigenvalue weighted by Gasteiger charge is 2.18. The predicted octanol–water partition coefficient (Wildman–Crippen LogP) is 2.51. The molecule has 0 spiro atoms. The van der Waals surface area contributed by atoms with Crippen LogP contribution >= 0.6 is 23.1 Å². The highest BCUT2D eigenvalue weighted by Crippen LogP contribution is 2.27. The Morgan fingerprint density at radius 3 is 2.56 bits per heavy atom. The van der Waals surface area contributed by atoms with Gasteiger partial charge in [-0.2, -0.15) is 0 Å². The van der Waals surface area contributed by atoms with E-state index in [-0.39, 0.29) is 21.4 Å². The van der Waals surface area contributed by atoms with Crippen LogP contribution in [0.25, 0.3) is 10.2 Å². The lowest BCUT2D eigenvalue weighted by atomic mass is 10.2. The number of aryl methyl sites for hydroxylation is 3. The van der Waals surface area contributed by atoms with Crippen molar-refractivity contribution in [3.8, 4) is 0 Å². The lowest BCUT2D eigenvalue weighted by Gasteiger charge is -2.07. The van der Waals surface area contributed by atoms with Crippen molar-refractivity contribution in [2.75, 3.05) is 5.75 Å². The Bertz CT molecular complexity index is 1180. The van der Waals surface area contributed by atoms with Crippen LogP contribution in [0, 0.1) is 20.8 Å². The van der Waals surface area contributed by atoms with E-state index in [1.807, 2.05) is 25.5 Å². The van der Waals surface area contributed by atoms with Crippen LogP contribution in [0.4, 0.5) is 0 Å². The van der Waals surface area contributed by atoms with Crippen molar-refractivity contribution in [3.05, 3.63) is 50.6 Å². The fraction of sp³-hybridized carbons (Fsp3) is 0.235. The molecule has 1 aromatic carbocycles. The minimum atomic E-state index is -3.93. The first kappa shape index (κ1) is 19.6. The number of carbonyl (C=O) groups excluding carboxylic acids is 1. The van der Waals surface area contributed by atoms with E-state index in [0.29, 0.717) is 10.2 Å². The molecule has 0 aliphatic carbocycles. The molecule has 2 aromatic heterocycles. The summed E-state index contributed by atoms with van der Waals surface area (Å²) in [6.07, 6.45) is 0. The van der Waals surface area contributed by atoms with Gasteiger partial charge in [0.2, 0.25) is 5.91 Å². The first-order chi connectivity index (χ1) is 12.7. The molecule has 0 atom stereocenters. The molecule has 3 aromatic rings. The lowest BCUT2D eigenvalue weighted by molar-refractivity contribution is -0.116. The van der Waals surface area contributed by atoms with Crippen LogP contribution in [0.15, 0.2) is 39.1 Å². The zero-order valence-electron chi connectivity index (χ0n) is 14.8. The summed E-state index contributed by atoms with van der Waals surface area (Å²) in [5, 5.41) is 0.824. The Kier molecular flexibility index (Phi) is 5.41. The SMILES string of the molecule is Cc1ccc(S(=O)(=O)NC(=O)CSc2nc3sc(C)c(C)c3c(=O)[nH]2)cc1. The molecule has 7 nitrogen and oxygen atoms in total. The molecule has 0 radical (unpaired) electrons. The Morgan fingerprint density at radius 1 is 1.22 bits per heavy atom. The van der Waals surface area contributed by atoms with E-state index in [1.54, 1.807) is 12.1 Å². The lowest BCUT2D eigenvalue weighted by Crippen LogP contribution is -2.32. The number of aromatic nitrogens is 2. The van der Waals surface area contributed by atoms with E-state index in [1.165, 1.54) is 23.5 Å². The second-order valence-electron chi connectivity index (χ2n) is 5.96. The number of nitrogens with zero attached hydrogens (tertiary/aromatic N) is 1. The number of hydrogen-bond acceptors (Lipinski definition) is 7. The second kappa shape index (κ2) is 7.45. The van der Waals surface area contributed by atoms with Gasteiger partial charge < -0.3 is 4.98 Å². The molecule has 27 heavy (non-hydrogen) atoms. The summed E-state index contributed by atoms with van der Waals surface area (Å²) in [4.78, 5) is 32.9. The van der Waals surface area contributed by atoms with Crippen molar-refractivity contribution in [2.45, 2.75) is 30.8 Å². The van der Waals surface area contributed by atoms with Gasteiger partial charge in [-0.25, -0.2) is 18.1 Å². The number of fused-ring (bicyclic) bond motifs is 1. The van der Waals surface area contributed by atoms with Gasteiger partial charge in [0.05, 0.1) is 16.0 Å². The average Bonchev–Trinajstić information content (AvgIpc) is 2.87. The molecule has 3 rings (SSSR count). The molecule has 0 saturated carbocycles. The number of thiophene rings is 1. The van der Waals surface area contributed by atoms with Crippen LogP contribution in [0.3, 0.4) is 0 Å². The molecule has 0 aliphatic rings. The van der Waals surface area contributed by atoms with Crippen molar-refractivity contribution in [2.24, 2.45) is 0 Å². The van der Waals surface area contributed by atoms with Gasteiger partial charge in [0, 0.05) is 4.88 Å². The summed E-state index contributed by atoms with van der Waals surface area (Å²) in [5.74, 6) is -0.884. The van der Waals surface area contributed by atoms with E-state index in [2.05, 4.69) is 9.97 Å². The zero-order chi connectivity index (χ0) is 19.8. The average molecular weight is 424 g/mol. The van der Waals surface area contributed by atoms with Gasteiger partial charge in [-0.05, 0) is 38.5 Å². The third kappa shape index (κ3) is 4.23. The van der Waals surface area contributed by atoms with Crippen molar-refractivity contribution < 1.29 is 13.2 Å². The molecule has 1 amide bonds. The van der Waals surface area contributed by atoms with E-state index in [0.717, 1.165) is 27.8 Å². The molecule has 0 saturated heterocycles. The summed E-state index contributed by atoms with van der Waals surface area (Å²) in [5.41, 5.74) is 1.54. The fourth-order valence-electron chi connectivity index (χ4n) is 2.39. The third-order valence-corrected chi connectivity index (χ3v) is 7.30. The molecule has 2 heterocycles. The molecule has 0 fully saturated rings. The number of nitrogens with one attached hydrogen (secondary N) is 2. The first-order valence-electron chi connectivity index (χ1n) is 7.92. The summed E-state index contributed by atoms with van der Waals surface area (Å²) >= 11 is 2.38. The maximum atomic E-state index is 12.2. The maximum absolute atomic E-state index is 12.2. The Balaban J connectivity index is 1.71. The minimum absolute atomic E-state index is 0.0175. The quantitative estimate of drug-likeness (QED) is 0.482. The molecule has 2 N–H and O–H groups in total. The van der Waals surface area contributed by atoms with Gasteiger partial charge in [-0.15, -0.1) is 11.3 Å². The van der Waals surface area contributed by atoms with E-state index in [9.17, 15) is 18.0 Å². The van der Waals surface area contributed by atoms with Crippen LogP contribution in [0.2, 0.25) is 0 Å². The van der Waals surface area contributed by atoms with Gasteiger partial charge in [-0.3, -0.25) is 9.59 Å². The van der Waals surface area contributed by atoms with E-state index >= 15 is 0 Å². The summed E-state index contributed by atoms with van der Waals surface area (Å²) in [7, 11) is -3.93. The molecule has 142 valence electrons. The standard InChI is InChI=1S/C17H17N3O4S3/c1-9-4-6-12(7-5-9)27(23,24)20-13(21)8-25-17-18-15(22)14-10(2)11(3)26-16(14)19-17/h4-7H,8H2,1-3H3,(H,20,21)(H,18,19,22). The van der Waals surface area contributed by atoms with Crippen molar-refractivity contribution in [1.82, 2.24) is 14.7 Å². The fourth-order valence-corrected chi connectivity index (χ4v) is 5.22. The number of hydrogen-bond donors (Lipinski definition) is 2. The second-order valence-corrected chi connectivity index (χ2v) is 9.81. The van der Waals surface area contributed by atoms with Crippen LogP contribution in [-0.4, -0.2) is 30.0 Å². The topological polar surface area (TPSA) is 109 Å². The number of aromatic amines is 1. The molecule has 0 unspecified atom stereocenters. The number of rotatable bonds is 5. The summed E-state index contributed by atoms with van der Waals surface area (Å²) in [6, 6.07) is 6.18. The number of thioether (sulfide) groups is 1. The van der Waals surface area contributed by atoms with E-state index in [4.69, 9.17) is 0 Å². The van der Waals surface area contributed by atoms with Gasteiger partial charge in [0.1, 0.15) is 4.83 Å².